The van der Waals surface area contributed by atoms with Gasteiger partial charge in [0.1, 0.15) is 5.82 Å². The zero-order valence-corrected chi connectivity index (χ0v) is 19.8. The standard InChI is InChI=1S/C29H27FN4O/c1-34(2)16-18-5-3-17(4-6-18)7-11-26-21-10-8-19(13-27(21)33-32-26)22-15-23(22)28-24-14-20(30)9-12-25(24)31-29(28)35/h3-14,22-23,28H,15-16H2,1-2H3,(H,31,35)(H,32,33)/b11-7+. The van der Waals surface area contributed by atoms with Crippen molar-refractivity contribution in [3.63, 3.8) is 0 Å². The van der Waals surface area contributed by atoms with Crippen LogP contribution in [0.4, 0.5) is 10.1 Å². The van der Waals surface area contributed by atoms with Gasteiger partial charge in [0.15, 0.2) is 0 Å². The third-order valence-corrected chi connectivity index (χ3v) is 7.11. The Labute approximate surface area is 203 Å². The molecule has 3 aromatic carbocycles. The van der Waals surface area contributed by atoms with E-state index < -0.39 is 0 Å². The Bertz CT molecular complexity index is 1450. The van der Waals surface area contributed by atoms with Gasteiger partial charge in [0.25, 0.3) is 0 Å². The first kappa shape index (κ1) is 21.7. The summed E-state index contributed by atoms with van der Waals surface area (Å²) in [5, 5.41) is 11.6. The number of halogens is 1. The number of carbonyl (C=O) groups is 1. The molecule has 1 amide bonds. The van der Waals surface area contributed by atoms with E-state index in [0.29, 0.717) is 0 Å². The third kappa shape index (κ3) is 4.15. The van der Waals surface area contributed by atoms with Crippen LogP contribution in [-0.2, 0) is 11.3 Å². The van der Waals surface area contributed by atoms with Gasteiger partial charge in [-0.25, -0.2) is 4.39 Å². The van der Waals surface area contributed by atoms with E-state index in [4.69, 9.17) is 0 Å². The summed E-state index contributed by atoms with van der Waals surface area (Å²) in [6.07, 6.45) is 5.03. The molecule has 5 nitrogen and oxygen atoms in total. The van der Waals surface area contributed by atoms with Crippen LogP contribution in [-0.4, -0.2) is 35.1 Å². The molecule has 176 valence electrons. The minimum absolute atomic E-state index is 0.0251. The molecule has 4 aromatic rings. The number of hydrogen-bond acceptors (Lipinski definition) is 3. The molecule has 0 bridgehead atoms. The predicted molar refractivity (Wildman–Crippen MR) is 137 cm³/mol. The lowest BCUT2D eigenvalue weighted by molar-refractivity contribution is -0.117. The maximum atomic E-state index is 13.8. The topological polar surface area (TPSA) is 61.0 Å². The van der Waals surface area contributed by atoms with Gasteiger partial charge in [0.05, 0.1) is 17.1 Å². The second-order valence-corrected chi connectivity index (χ2v) is 9.93. The Kier molecular flexibility index (Phi) is 5.26. The summed E-state index contributed by atoms with van der Waals surface area (Å²) in [5.74, 6) is -0.138. The number of anilines is 1. The van der Waals surface area contributed by atoms with Gasteiger partial charge in [-0.1, -0.05) is 42.5 Å². The quantitative estimate of drug-likeness (QED) is 0.379. The van der Waals surface area contributed by atoms with Crippen LogP contribution in [0.5, 0.6) is 0 Å². The Hall–Kier alpha value is -3.77. The van der Waals surface area contributed by atoms with Crippen LogP contribution < -0.4 is 5.32 Å². The molecule has 6 heteroatoms. The van der Waals surface area contributed by atoms with Crippen LogP contribution in [0.3, 0.4) is 0 Å². The van der Waals surface area contributed by atoms with Gasteiger partial charge < -0.3 is 10.2 Å². The Morgan fingerprint density at radius 1 is 1.06 bits per heavy atom. The number of carbonyl (C=O) groups excluding carboxylic acids is 1. The second kappa shape index (κ2) is 8.47. The molecule has 0 radical (unpaired) electrons. The third-order valence-electron chi connectivity index (χ3n) is 7.11. The van der Waals surface area contributed by atoms with Crippen molar-refractivity contribution in [2.45, 2.75) is 24.8 Å². The first-order chi connectivity index (χ1) is 17.0. The molecule has 3 atom stereocenters. The zero-order valence-electron chi connectivity index (χ0n) is 19.8. The van der Waals surface area contributed by atoms with E-state index in [1.807, 2.05) is 6.08 Å². The minimum atomic E-state index is -0.300. The maximum absolute atomic E-state index is 13.8. The molecular formula is C29H27FN4O. The predicted octanol–water partition coefficient (Wildman–Crippen LogP) is 5.77. The fraction of sp³-hybridized carbons (Fsp3) is 0.241. The molecule has 2 N–H and O–H groups in total. The molecule has 2 heterocycles. The van der Waals surface area contributed by atoms with Crippen molar-refractivity contribution in [1.82, 2.24) is 15.1 Å². The summed E-state index contributed by atoms with van der Waals surface area (Å²) in [6.45, 7) is 0.924. The summed E-state index contributed by atoms with van der Waals surface area (Å²) in [4.78, 5) is 14.8. The lowest BCUT2D eigenvalue weighted by Crippen LogP contribution is -2.14. The Morgan fingerprint density at radius 3 is 2.69 bits per heavy atom. The molecule has 2 aliphatic rings. The van der Waals surface area contributed by atoms with Crippen molar-refractivity contribution in [3.05, 3.63) is 94.4 Å². The number of nitrogens with one attached hydrogen (secondary N) is 2. The van der Waals surface area contributed by atoms with Gasteiger partial charge >= 0.3 is 0 Å². The zero-order chi connectivity index (χ0) is 24.1. The molecule has 1 fully saturated rings. The minimum Gasteiger partial charge on any atom is -0.325 e. The van der Waals surface area contributed by atoms with Gasteiger partial charge in [-0.2, -0.15) is 5.10 Å². The number of amides is 1. The summed E-state index contributed by atoms with van der Waals surface area (Å²) in [7, 11) is 4.13. The second-order valence-electron chi connectivity index (χ2n) is 9.93. The number of aromatic nitrogens is 2. The van der Waals surface area contributed by atoms with Crippen LogP contribution in [0.2, 0.25) is 0 Å². The average Bonchev–Trinajstić information content (AvgIpc) is 3.40. The molecular weight excluding hydrogens is 439 g/mol. The SMILES string of the molecule is CN(C)Cc1ccc(/C=C/c2n[nH]c3cc(C4CC4C4C(=O)Nc5ccc(F)cc54)ccc23)cc1. The number of nitrogens with zero attached hydrogens (tertiary/aromatic N) is 2. The molecule has 6 rings (SSSR count). The summed E-state index contributed by atoms with van der Waals surface area (Å²) in [6, 6.07) is 19.5. The van der Waals surface area contributed by atoms with Crippen molar-refractivity contribution in [3.8, 4) is 0 Å². The van der Waals surface area contributed by atoms with E-state index in [1.54, 1.807) is 6.07 Å². The van der Waals surface area contributed by atoms with E-state index in [2.05, 4.69) is 83.0 Å². The van der Waals surface area contributed by atoms with E-state index >= 15 is 0 Å². The number of rotatable bonds is 6. The lowest BCUT2D eigenvalue weighted by Gasteiger charge is -2.09. The number of aromatic amines is 1. The lowest BCUT2D eigenvalue weighted by atomic mass is 9.92. The highest BCUT2D eigenvalue weighted by Gasteiger charge is 2.50. The van der Waals surface area contributed by atoms with Crippen LogP contribution in [0.15, 0.2) is 60.7 Å². The molecule has 1 aliphatic carbocycles. The first-order valence-electron chi connectivity index (χ1n) is 12.0. The summed E-state index contributed by atoms with van der Waals surface area (Å²) >= 11 is 0. The molecule has 1 aliphatic heterocycles. The van der Waals surface area contributed by atoms with Crippen molar-refractivity contribution >= 4 is 34.6 Å². The maximum Gasteiger partial charge on any atom is 0.232 e. The van der Waals surface area contributed by atoms with Crippen molar-refractivity contribution in [2.75, 3.05) is 19.4 Å². The normalized spacial score (nSPS) is 21.1. The van der Waals surface area contributed by atoms with E-state index in [0.717, 1.165) is 46.4 Å². The monoisotopic (exact) mass is 466 g/mol. The Balaban J connectivity index is 1.19. The number of benzene rings is 3. The van der Waals surface area contributed by atoms with Crippen LogP contribution >= 0.6 is 0 Å². The van der Waals surface area contributed by atoms with Crippen molar-refractivity contribution in [1.29, 1.82) is 0 Å². The van der Waals surface area contributed by atoms with E-state index in [9.17, 15) is 9.18 Å². The molecule has 3 unspecified atom stereocenters. The molecule has 35 heavy (non-hydrogen) atoms. The van der Waals surface area contributed by atoms with Crippen molar-refractivity contribution < 1.29 is 9.18 Å². The van der Waals surface area contributed by atoms with Gasteiger partial charge in [0, 0.05) is 17.6 Å². The number of hydrogen-bond donors (Lipinski definition) is 2. The largest absolute Gasteiger partial charge is 0.325 e. The van der Waals surface area contributed by atoms with Crippen LogP contribution in [0.1, 0.15) is 46.2 Å². The molecule has 1 aromatic heterocycles. The highest BCUT2D eigenvalue weighted by atomic mass is 19.1. The first-order valence-corrected chi connectivity index (χ1v) is 12.0. The van der Waals surface area contributed by atoms with Gasteiger partial charge in [0.2, 0.25) is 5.91 Å². The molecule has 1 saturated carbocycles. The van der Waals surface area contributed by atoms with Crippen LogP contribution in [0, 0.1) is 11.7 Å². The molecule has 0 saturated heterocycles. The van der Waals surface area contributed by atoms with Gasteiger partial charge in [-0.3, -0.25) is 9.89 Å². The summed E-state index contributed by atoms with van der Waals surface area (Å²) < 4.78 is 13.8. The number of fused-ring (bicyclic) bond motifs is 2. The fourth-order valence-corrected chi connectivity index (χ4v) is 5.34. The molecule has 0 spiro atoms. The summed E-state index contributed by atoms with van der Waals surface area (Å²) in [5.41, 5.74) is 7.01. The highest BCUT2D eigenvalue weighted by molar-refractivity contribution is 6.03. The van der Waals surface area contributed by atoms with Crippen LogP contribution in [0.25, 0.3) is 23.1 Å². The fourth-order valence-electron chi connectivity index (χ4n) is 5.34. The smallest absolute Gasteiger partial charge is 0.232 e. The van der Waals surface area contributed by atoms with Gasteiger partial charge in [-0.05, 0) is 84.9 Å². The number of H-pyrrole nitrogens is 1. The average molecular weight is 467 g/mol. The van der Waals surface area contributed by atoms with E-state index in [-0.39, 0.29) is 29.5 Å². The highest BCUT2D eigenvalue weighted by Crippen LogP contribution is 2.57. The van der Waals surface area contributed by atoms with E-state index in [1.165, 1.54) is 23.3 Å². The van der Waals surface area contributed by atoms with Gasteiger partial charge in [-0.15, -0.1) is 0 Å². The van der Waals surface area contributed by atoms with Crippen molar-refractivity contribution in [2.24, 2.45) is 5.92 Å². The Morgan fingerprint density at radius 2 is 1.89 bits per heavy atom.